The summed E-state index contributed by atoms with van der Waals surface area (Å²) in [5.41, 5.74) is 3.65. The summed E-state index contributed by atoms with van der Waals surface area (Å²) in [6.45, 7) is 2.15. The van der Waals surface area contributed by atoms with Crippen molar-refractivity contribution in [2.75, 3.05) is 0 Å². The van der Waals surface area contributed by atoms with Crippen LogP contribution in [0.3, 0.4) is 0 Å². The van der Waals surface area contributed by atoms with Gasteiger partial charge in [-0.25, -0.2) is 0 Å². The molecule has 1 N–H and O–H groups in total. The van der Waals surface area contributed by atoms with Crippen LogP contribution >= 0.6 is 0 Å². The van der Waals surface area contributed by atoms with Gasteiger partial charge in [0.2, 0.25) is 0 Å². The zero-order chi connectivity index (χ0) is 12.8. The Morgan fingerprint density at radius 1 is 0.889 bits per heavy atom. The zero-order valence-electron chi connectivity index (χ0n) is 10.7. The first-order valence-electron chi connectivity index (χ1n) is 6.42. The van der Waals surface area contributed by atoms with E-state index in [9.17, 15) is 5.11 Å². The number of aliphatic hydroxyl groups excluding tert-OH is 1. The van der Waals surface area contributed by atoms with E-state index in [2.05, 4.69) is 36.2 Å². The minimum absolute atomic E-state index is 0.333. The summed E-state index contributed by atoms with van der Waals surface area (Å²) >= 11 is 0. The monoisotopic (exact) mass is 241 g/mol. The quantitative estimate of drug-likeness (QED) is 0.873. The summed E-state index contributed by atoms with van der Waals surface area (Å²) in [7, 11) is 0. The topological polar surface area (TPSA) is 33.1 Å². The molecule has 1 aromatic carbocycles. The van der Waals surface area contributed by atoms with Gasteiger partial charge in [-0.2, -0.15) is 0 Å². The Morgan fingerprint density at radius 2 is 1.39 bits per heavy atom. The average molecular weight is 241 g/mol. The van der Waals surface area contributed by atoms with Gasteiger partial charge in [0.1, 0.15) is 0 Å². The molecule has 0 radical (unpaired) electrons. The molecule has 0 spiro atoms. The number of nitrogens with zero attached hydrogens (tertiary/aromatic N) is 1. The lowest BCUT2D eigenvalue weighted by Crippen LogP contribution is -2.13. The smallest absolute Gasteiger partial charge is 0.0620 e. The number of rotatable bonds is 5. The molecule has 0 aliphatic heterocycles. The fraction of sp³-hybridized carbons (Fsp3) is 0.312. The van der Waals surface area contributed by atoms with Gasteiger partial charge in [-0.15, -0.1) is 0 Å². The number of pyridine rings is 1. The van der Waals surface area contributed by atoms with Gasteiger partial charge in [0, 0.05) is 12.4 Å². The third-order valence-corrected chi connectivity index (χ3v) is 3.12. The second-order valence-electron chi connectivity index (χ2n) is 4.59. The molecule has 94 valence electrons. The summed E-state index contributed by atoms with van der Waals surface area (Å²) in [4.78, 5) is 3.97. The molecule has 2 nitrogen and oxygen atoms in total. The van der Waals surface area contributed by atoms with Gasteiger partial charge in [0.25, 0.3) is 0 Å². The Morgan fingerprint density at radius 3 is 1.94 bits per heavy atom. The van der Waals surface area contributed by atoms with Crippen LogP contribution in [0, 0.1) is 0 Å². The molecule has 18 heavy (non-hydrogen) atoms. The molecule has 0 saturated carbocycles. The molecular weight excluding hydrogens is 222 g/mol. The molecule has 2 aromatic rings. The van der Waals surface area contributed by atoms with Gasteiger partial charge in [0.15, 0.2) is 0 Å². The fourth-order valence-electron chi connectivity index (χ4n) is 2.05. The highest BCUT2D eigenvalue weighted by Crippen LogP contribution is 2.10. The molecule has 0 saturated heterocycles. The van der Waals surface area contributed by atoms with Crippen molar-refractivity contribution in [3.05, 3.63) is 65.5 Å². The van der Waals surface area contributed by atoms with Crippen LogP contribution in [-0.4, -0.2) is 16.2 Å². The Kier molecular flexibility index (Phi) is 4.48. The van der Waals surface area contributed by atoms with Crippen LogP contribution in [0.25, 0.3) is 0 Å². The Hall–Kier alpha value is -1.67. The van der Waals surface area contributed by atoms with E-state index in [1.165, 1.54) is 11.1 Å². The van der Waals surface area contributed by atoms with Crippen molar-refractivity contribution in [2.45, 2.75) is 32.3 Å². The molecule has 0 aliphatic rings. The molecule has 0 aliphatic carbocycles. The molecule has 2 heteroatoms. The largest absolute Gasteiger partial charge is 0.392 e. The van der Waals surface area contributed by atoms with Gasteiger partial charge < -0.3 is 5.11 Å². The van der Waals surface area contributed by atoms with Crippen LogP contribution < -0.4 is 0 Å². The maximum atomic E-state index is 10.1. The lowest BCUT2D eigenvalue weighted by molar-refractivity contribution is 0.175. The second kappa shape index (κ2) is 6.31. The van der Waals surface area contributed by atoms with Gasteiger partial charge in [0.05, 0.1) is 6.10 Å². The van der Waals surface area contributed by atoms with E-state index < -0.39 is 0 Å². The predicted octanol–water partition coefficient (Wildman–Crippen LogP) is 2.79. The first-order chi connectivity index (χ1) is 8.78. The highest BCUT2D eigenvalue weighted by atomic mass is 16.3. The van der Waals surface area contributed by atoms with Crippen molar-refractivity contribution < 1.29 is 5.11 Å². The van der Waals surface area contributed by atoms with E-state index in [0.717, 1.165) is 12.0 Å². The fourth-order valence-corrected chi connectivity index (χ4v) is 2.05. The number of aliphatic hydroxyl groups is 1. The predicted molar refractivity (Wildman–Crippen MR) is 73.5 cm³/mol. The third kappa shape index (κ3) is 3.67. The maximum absolute atomic E-state index is 10.1. The summed E-state index contributed by atoms with van der Waals surface area (Å²) in [6, 6.07) is 12.4. The Balaban J connectivity index is 1.92. The highest BCUT2D eigenvalue weighted by Gasteiger charge is 2.06. The summed E-state index contributed by atoms with van der Waals surface area (Å²) in [5.74, 6) is 0. The minimum Gasteiger partial charge on any atom is -0.392 e. The van der Waals surface area contributed by atoms with Crippen LogP contribution in [0.15, 0.2) is 48.8 Å². The Bertz CT molecular complexity index is 464. The molecule has 0 fully saturated rings. The van der Waals surface area contributed by atoms with Crippen LogP contribution in [-0.2, 0) is 19.3 Å². The van der Waals surface area contributed by atoms with E-state index in [1.54, 1.807) is 12.4 Å². The number of aryl methyl sites for hydroxylation is 1. The van der Waals surface area contributed by atoms with Crippen LogP contribution in [0.4, 0.5) is 0 Å². The van der Waals surface area contributed by atoms with Gasteiger partial charge in [-0.3, -0.25) is 4.98 Å². The van der Waals surface area contributed by atoms with E-state index in [0.29, 0.717) is 12.8 Å². The normalized spacial score (nSPS) is 12.3. The zero-order valence-corrected chi connectivity index (χ0v) is 10.7. The Labute approximate surface area is 108 Å². The van der Waals surface area contributed by atoms with E-state index in [1.807, 2.05) is 12.1 Å². The summed E-state index contributed by atoms with van der Waals surface area (Å²) in [5, 5.41) is 10.1. The molecule has 1 atom stereocenters. The lowest BCUT2D eigenvalue weighted by atomic mass is 10.0. The SMILES string of the molecule is CCc1ccc(CC(O)Cc2ccncc2)cc1. The molecule has 2 rings (SSSR count). The maximum Gasteiger partial charge on any atom is 0.0620 e. The summed E-state index contributed by atoms with van der Waals surface area (Å²) < 4.78 is 0. The lowest BCUT2D eigenvalue weighted by Gasteiger charge is -2.11. The van der Waals surface area contributed by atoms with Crippen molar-refractivity contribution in [3.8, 4) is 0 Å². The average Bonchev–Trinajstić information content (AvgIpc) is 2.40. The van der Waals surface area contributed by atoms with Gasteiger partial charge in [-0.1, -0.05) is 31.2 Å². The van der Waals surface area contributed by atoms with Crippen LogP contribution in [0.5, 0.6) is 0 Å². The molecule has 1 aromatic heterocycles. The van der Waals surface area contributed by atoms with Crippen molar-refractivity contribution >= 4 is 0 Å². The van der Waals surface area contributed by atoms with Crippen molar-refractivity contribution in [1.29, 1.82) is 0 Å². The van der Waals surface area contributed by atoms with Crippen LogP contribution in [0.2, 0.25) is 0 Å². The number of benzene rings is 1. The first kappa shape index (κ1) is 12.8. The molecule has 0 bridgehead atoms. The number of hydrogen-bond acceptors (Lipinski definition) is 2. The van der Waals surface area contributed by atoms with Gasteiger partial charge >= 0.3 is 0 Å². The summed E-state index contributed by atoms with van der Waals surface area (Å²) in [6.07, 6.45) is 5.63. The molecule has 1 heterocycles. The standard InChI is InChI=1S/C16H19NO/c1-2-13-3-5-14(6-4-13)11-16(18)12-15-7-9-17-10-8-15/h3-10,16,18H,2,11-12H2,1H3. The van der Waals surface area contributed by atoms with Crippen molar-refractivity contribution in [3.63, 3.8) is 0 Å². The van der Waals surface area contributed by atoms with E-state index in [4.69, 9.17) is 0 Å². The highest BCUT2D eigenvalue weighted by molar-refractivity contribution is 5.23. The molecule has 0 amide bonds. The van der Waals surface area contributed by atoms with E-state index >= 15 is 0 Å². The van der Waals surface area contributed by atoms with Gasteiger partial charge in [-0.05, 0) is 48.1 Å². The molecule has 1 unspecified atom stereocenters. The van der Waals surface area contributed by atoms with Crippen LogP contribution in [0.1, 0.15) is 23.6 Å². The molecular formula is C16H19NO. The van der Waals surface area contributed by atoms with Crippen molar-refractivity contribution in [1.82, 2.24) is 4.98 Å². The number of aromatic nitrogens is 1. The minimum atomic E-state index is -0.333. The van der Waals surface area contributed by atoms with E-state index in [-0.39, 0.29) is 6.10 Å². The first-order valence-corrected chi connectivity index (χ1v) is 6.42. The third-order valence-electron chi connectivity index (χ3n) is 3.12. The number of hydrogen-bond donors (Lipinski definition) is 1. The van der Waals surface area contributed by atoms with Crippen molar-refractivity contribution in [2.24, 2.45) is 0 Å². The second-order valence-corrected chi connectivity index (χ2v) is 4.59.